The number of amides is 1. The maximum absolute atomic E-state index is 12.0. The third-order valence-electron chi connectivity index (χ3n) is 3.13. The standard InChI is InChI=1S/C17H21NO3/c1-12(2)21-11-15-6-4-5-14(9-15)10-18-17(19)16-7-8-20-13(16)3/h4-9,12H,10-11H2,1-3H3,(H,18,19). The van der Waals surface area contributed by atoms with E-state index in [0.29, 0.717) is 24.5 Å². The maximum Gasteiger partial charge on any atom is 0.255 e. The molecule has 21 heavy (non-hydrogen) atoms. The van der Waals surface area contributed by atoms with Crippen LogP contribution in [0.3, 0.4) is 0 Å². The summed E-state index contributed by atoms with van der Waals surface area (Å²) in [6, 6.07) is 9.71. The summed E-state index contributed by atoms with van der Waals surface area (Å²) in [6.07, 6.45) is 1.73. The molecule has 1 amide bonds. The molecule has 1 N–H and O–H groups in total. The second-order valence-corrected chi connectivity index (χ2v) is 5.25. The number of hydrogen-bond donors (Lipinski definition) is 1. The molecule has 0 saturated heterocycles. The largest absolute Gasteiger partial charge is 0.469 e. The van der Waals surface area contributed by atoms with E-state index in [4.69, 9.17) is 9.15 Å². The van der Waals surface area contributed by atoms with Gasteiger partial charge in [-0.2, -0.15) is 0 Å². The SMILES string of the molecule is Cc1occc1C(=O)NCc1cccc(COC(C)C)c1. The van der Waals surface area contributed by atoms with Crippen molar-refractivity contribution in [1.82, 2.24) is 5.32 Å². The Balaban J connectivity index is 1.92. The molecular formula is C17H21NO3. The van der Waals surface area contributed by atoms with Crippen LogP contribution in [0.15, 0.2) is 41.0 Å². The summed E-state index contributed by atoms with van der Waals surface area (Å²) in [6.45, 7) is 6.87. The summed E-state index contributed by atoms with van der Waals surface area (Å²) in [5, 5.41) is 2.89. The van der Waals surface area contributed by atoms with Gasteiger partial charge in [0.1, 0.15) is 5.76 Å². The van der Waals surface area contributed by atoms with Gasteiger partial charge in [-0.15, -0.1) is 0 Å². The van der Waals surface area contributed by atoms with Crippen molar-refractivity contribution in [3.8, 4) is 0 Å². The molecule has 0 spiro atoms. The molecule has 112 valence electrons. The van der Waals surface area contributed by atoms with E-state index in [1.807, 2.05) is 38.1 Å². The molecule has 0 aliphatic rings. The van der Waals surface area contributed by atoms with Gasteiger partial charge in [0.05, 0.1) is 24.5 Å². The maximum atomic E-state index is 12.0. The van der Waals surface area contributed by atoms with E-state index in [-0.39, 0.29) is 12.0 Å². The van der Waals surface area contributed by atoms with Gasteiger partial charge in [-0.1, -0.05) is 24.3 Å². The van der Waals surface area contributed by atoms with Gasteiger partial charge in [0.25, 0.3) is 5.91 Å². The van der Waals surface area contributed by atoms with Crippen molar-refractivity contribution in [2.45, 2.75) is 40.0 Å². The highest BCUT2D eigenvalue weighted by Crippen LogP contribution is 2.10. The van der Waals surface area contributed by atoms with Gasteiger partial charge in [-0.05, 0) is 38.0 Å². The number of nitrogens with one attached hydrogen (secondary N) is 1. The number of benzene rings is 1. The van der Waals surface area contributed by atoms with E-state index in [2.05, 4.69) is 5.32 Å². The molecule has 4 heteroatoms. The second-order valence-electron chi connectivity index (χ2n) is 5.25. The lowest BCUT2D eigenvalue weighted by atomic mass is 10.1. The highest BCUT2D eigenvalue weighted by molar-refractivity contribution is 5.94. The van der Waals surface area contributed by atoms with Crippen molar-refractivity contribution in [2.24, 2.45) is 0 Å². The summed E-state index contributed by atoms with van der Waals surface area (Å²) in [5.41, 5.74) is 2.73. The van der Waals surface area contributed by atoms with Crippen LogP contribution in [0.2, 0.25) is 0 Å². The summed E-state index contributed by atoms with van der Waals surface area (Å²) in [5.74, 6) is 0.511. The molecule has 4 nitrogen and oxygen atoms in total. The Morgan fingerprint density at radius 3 is 2.71 bits per heavy atom. The Kier molecular flexibility index (Phi) is 5.17. The quantitative estimate of drug-likeness (QED) is 0.885. The number of carbonyl (C=O) groups excluding carboxylic acids is 1. The zero-order valence-corrected chi connectivity index (χ0v) is 12.7. The number of furan rings is 1. The average Bonchev–Trinajstić information content (AvgIpc) is 2.89. The van der Waals surface area contributed by atoms with Gasteiger partial charge in [0.2, 0.25) is 0 Å². The van der Waals surface area contributed by atoms with Crippen LogP contribution < -0.4 is 5.32 Å². The van der Waals surface area contributed by atoms with Gasteiger partial charge >= 0.3 is 0 Å². The number of aryl methyl sites for hydroxylation is 1. The van der Waals surface area contributed by atoms with E-state index in [0.717, 1.165) is 11.1 Å². The fourth-order valence-electron chi connectivity index (χ4n) is 1.99. The summed E-state index contributed by atoms with van der Waals surface area (Å²) in [7, 11) is 0. The molecule has 0 bridgehead atoms. The van der Waals surface area contributed by atoms with E-state index in [9.17, 15) is 4.79 Å². The molecule has 0 fully saturated rings. The number of hydrogen-bond acceptors (Lipinski definition) is 3. The first kappa shape index (κ1) is 15.3. The Labute approximate surface area is 125 Å². The third-order valence-corrected chi connectivity index (χ3v) is 3.13. The second kappa shape index (κ2) is 7.09. The summed E-state index contributed by atoms with van der Waals surface area (Å²) < 4.78 is 10.7. The van der Waals surface area contributed by atoms with Crippen molar-refractivity contribution in [3.63, 3.8) is 0 Å². The minimum atomic E-state index is -0.120. The monoisotopic (exact) mass is 287 g/mol. The molecule has 1 aromatic carbocycles. The highest BCUT2D eigenvalue weighted by atomic mass is 16.5. The minimum Gasteiger partial charge on any atom is -0.469 e. The molecule has 0 saturated carbocycles. The van der Waals surface area contributed by atoms with E-state index in [1.165, 1.54) is 6.26 Å². The Hall–Kier alpha value is -2.07. The number of ether oxygens (including phenoxy) is 1. The van der Waals surface area contributed by atoms with Crippen LogP contribution in [0.1, 0.15) is 41.1 Å². The lowest BCUT2D eigenvalue weighted by Crippen LogP contribution is -2.23. The lowest BCUT2D eigenvalue weighted by Gasteiger charge is -2.09. The number of carbonyl (C=O) groups is 1. The molecule has 0 unspecified atom stereocenters. The van der Waals surface area contributed by atoms with E-state index < -0.39 is 0 Å². The highest BCUT2D eigenvalue weighted by Gasteiger charge is 2.10. The first-order chi connectivity index (χ1) is 10.1. The molecule has 0 radical (unpaired) electrons. The molecule has 1 aromatic heterocycles. The Morgan fingerprint density at radius 2 is 2.05 bits per heavy atom. The Bertz CT molecular complexity index is 602. The van der Waals surface area contributed by atoms with Crippen LogP contribution in [-0.4, -0.2) is 12.0 Å². The predicted molar refractivity (Wildman–Crippen MR) is 81.0 cm³/mol. The van der Waals surface area contributed by atoms with Crippen LogP contribution in [0.5, 0.6) is 0 Å². The first-order valence-electron chi connectivity index (χ1n) is 7.08. The molecule has 0 atom stereocenters. The Morgan fingerprint density at radius 1 is 1.29 bits per heavy atom. The zero-order valence-electron chi connectivity index (χ0n) is 12.7. The fourth-order valence-corrected chi connectivity index (χ4v) is 1.99. The third kappa shape index (κ3) is 4.46. The molecule has 1 heterocycles. The van der Waals surface area contributed by atoms with Crippen LogP contribution in [-0.2, 0) is 17.9 Å². The summed E-state index contributed by atoms with van der Waals surface area (Å²) >= 11 is 0. The van der Waals surface area contributed by atoms with Crippen LogP contribution in [0, 0.1) is 6.92 Å². The molecular weight excluding hydrogens is 266 g/mol. The van der Waals surface area contributed by atoms with Crippen molar-refractivity contribution >= 4 is 5.91 Å². The van der Waals surface area contributed by atoms with Crippen molar-refractivity contribution < 1.29 is 13.9 Å². The molecule has 2 aromatic rings. The van der Waals surface area contributed by atoms with Crippen LogP contribution in [0.4, 0.5) is 0 Å². The van der Waals surface area contributed by atoms with Gasteiger partial charge in [0, 0.05) is 6.54 Å². The van der Waals surface area contributed by atoms with Crippen molar-refractivity contribution in [2.75, 3.05) is 0 Å². The minimum absolute atomic E-state index is 0.120. The first-order valence-corrected chi connectivity index (χ1v) is 7.08. The van der Waals surface area contributed by atoms with Crippen molar-refractivity contribution in [3.05, 3.63) is 59.0 Å². The predicted octanol–water partition coefficient (Wildman–Crippen LogP) is 3.44. The van der Waals surface area contributed by atoms with E-state index >= 15 is 0 Å². The zero-order chi connectivity index (χ0) is 15.2. The van der Waals surface area contributed by atoms with Gasteiger partial charge in [0.15, 0.2) is 0 Å². The average molecular weight is 287 g/mol. The molecule has 0 aliphatic heterocycles. The topological polar surface area (TPSA) is 51.5 Å². The summed E-state index contributed by atoms with van der Waals surface area (Å²) in [4.78, 5) is 12.0. The van der Waals surface area contributed by atoms with Crippen LogP contribution >= 0.6 is 0 Å². The smallest absolute Gasteiger partial charge is 0.255 e. The molecule has 2 rings (SSSR count). The van der Waals surface area contributed by atoms with E-state index in [1.54, 1.807) is 13.0 Å². The lowest BCUT2D eigenvalue weighted by molar-refractivity contribution is 0.0657. The van der Waals surface area contributed by atoms with Crippen molar-refractivity contribution in [1.29, 1.82) is 0 Å². The van der Waals surface area contributed by atoms with Gasteiger partial charge < -0.3 is 14.5 Å². The number of rotatable bonds is 6. The van der Waals surface area contributed by atoms with Crippen LogP contribution in [0.25, 0.3) is 0 Å². The van der Waals surface area contributed by atoms with Gasteiger partial charge in [-0.3, -0.25) is 4.79 Å². The normalized spacial score (nSPS) is 10.9. The van der Waals surface area contributed by atoms with Gasteiger partial charge in [-0.25, -0.2) is 0 Å². The fraction of sp³-hybridized carbons (Fsp3) is 0.353. The molecule has 0 aliphatic carbocycles.